The van der Waals surface area contributed by atoms with Gasteiger partial charge in [0.25, 0.3) is 0 Å². The largest absolute Gasteiger partial charge is 0.466 e. The molecule has 0 spiro atoms. The zero-order valence-electron chi connectivity index (χ0n) is 8.34. The highest BCUT2D eigenvalue weighted by molar-refractivity contribution is 5.43. The summed E-state index contributed by atoms with van der Waals surface area (Å²) >= 11 is 0. The quantitative estimate of drug-likeness (QED) is 0.780. The van der Waals surface area contributed by atoms with E-state index in [1.165, 1.54) is 0 Å². The van der Waals surface area contributed by atoms with E-state index in [4.69, 9.17) is 10.2 Å². The number of furan rings is 1. The molecule has 2 rings (SSSR count). The summed E-state index contributed by atoms with van der Waals surface area (Å²) in [4.78, 5) is 3.92. The fourth-order valence-corrected chi connectivity index (χ4v) is 1.47. The van der Waals surface area contributed by atoms with Crippen LogP contribution in [0.25, 0.3) is 0 Å². The van der Waals surface area contributed by atoms with Crippen molar-refractivity contribution in [1.82, 2.24) is 4.98 Å². The summed E-state index contributed by atoms with van der Waals surface area (Å²) in [6, 6.07) is 5.26. The Hall–Kier alpha value is -1.81. The third-order valence-corrected chi connectivity index (χ3v) is 2.32. The number of anilines is 1. The zero-order valence-corrected chi connectivity index (χ0v) is 8.34. The van der Waals surface area contributed by atoms with Gasteiger partial charge in [-0.1, -0.05) is 6.07 Å². The van der Waals surface area contributed by atoms with Gasteiger partial charge in [-0.3, -0.25) is 0 Å². The molecule has 15 heavy (non-hydrogen) atoms. The van der Waals surface area contributed by atoms with Crippen LogP contribution in [0.3, 0.4) is 0 Å². The molecule has 4 heteroatoms. The average molecular weight is 204 g/mol. The summed E-state index contributed by atoms with van der Waals surface area (Å²) in [5.41, 5.74) is 7.12. The first kappa shape index (κ1) is 9.73. The second-order valence-electron chi connectivity index (χ2n) is 3.35. The maximum absolute atomic E-state index is 10.0. The third-order valence-electron chi connectivity index (χ3n) is 2.32. The highest BCUT2D eigenvalue weighted by Gasteiger charge is 2.18. The van der Waals surface area contributed by atoms with Crippen molar-refractivity contribution in [2.45, 2.75) is 13.0 Å². The molecule has 0 radical (unpaired) electrons. The van der Waals surface area contributed by atoms with Crippen molar-refractivity contribution >= 4 is 5.82 Å². The van der Waals surface area contributed by atoms with Crippen LogP contribution in [0.2, 0.25) is 0 Å². The van der Waals surface area contributed by atoms with Crippen LogP contribution in [-0.4, -0.2) is 10.1 Å². The Morgan fingerprint density at radius 3 is 2.87 bits per heavy atom. The Balaban J connectivity index is 2.41. The van der Waals surface area contributed by atoms with Gasteiger partial charge < -0.3 is 15.3 Å². The van der Waals surface area contributed by atoms with E-state index in [1.54, 1.807) is 30.7 Å². The summed E-state index contributed by atoms with van der Waals surface area (Å²) in [7, 11) is 0. The van der Waals surface area contributed by atoms with Crippen molar-refractivity contribution in [2.24, 2.45) is 0 Å². The van der Waals surface area contributed by atoms with Gasteiger partial charge in [0.15, 0.2) is 0 Å². The van der Waals surface area contributed by atoms with Crippen molar-refractivity contribution in [1.29, 1.82) is 0 Å². The Morgan fingerprint density at radius 1 is 1.47 bits per heavy atom. The lowest BCUT2D eigenvalue weighted by molar-refractivity contribution is 0.188. The van der Waals surface area contributed by atoms with Gasteiger partial charge in [-0.15, -0.1) is 0 Å². The molecule has 0 bridgehead atoms. The molecule has 1 unspecified atom stereocenters. The molecule has 2 heterocycles. The third kappa shape index (κ3) is 1.71. The second kappa shape index (κ2) is 3.74. The summed E-state index contributed by atoms with van der Waals surface area (Å²) in [6.45, 7) is 1.87. The van der Waals surface area contributed by atoms with Crippen molar-refractivity contribution in [3.63, 3.8) is 0 Å². The van der Waals surface area contributed by atoms with Crippen molar-refractivity contribution in [3.05, 3.63) is 47.5 Å². The fraction of sp³-hybridized carbons (Fsp3) is 0.182. The molecule has 3 N–H and O–H groups in total. The molecule has 2 aromatic rings. The lowest BCUT2D eigenvalue weighted by Gasteiger charge is -2.10. The number of aliphatic hydroxyl groups is 1. The molecule has 0 saturated carbocycles. The van der Waals surface area contributed by atoms with Crippen LogP contribution in [0, 0.1) is 6.92 Å². The van der Waals surface area contributed by atoms with E-state index in [9.17, 15) is 5.11 Å². The van der Waals surface area contributed by atoms with Gasteiger partial charge in [0.05, 0.1) is 6.26 Å². The molecular weight excluding hydrogens is 192 g/mol. The van der Waals surface area contributed by atoms with Gasteiger partial charge in [0, 0.05) is 11.8 Å². The molecule has 0 aromatic carbocycles. The standard InChI is InChI=1S/C11H12N2O2/c1-7-4-6-15-10(7)9(14)8-3-2-5-13-11(8)12/h2-6,9,14H,1H3,(H2,12,13). The highest BCUT2D eigenvalue weighted by Crippen LogP contribution is 2.27. The minimum atomic E-state index is -0.853. The normalized spacial score (nSPS) is 12.7. The number of nitrogen functional groups attached to an aromatic ring is 1. The number of aromatic nitrogens is 1. The first-order valence-corrected chi connectivity index (χ1v) is 4.62. The predicted molar refractivity (Wildman–Crippen MR) is 56.2 cm³/mol. The molecule has 0 aliphatic heterocycles. The minimum absolute atomic E-state index is 0.320. The monoisotopic (exact) mass is 204 g/mol. The van der Waals surface area contributed by atoms with Gasteiger partial charge in [0.1, 0.15) is 17.7 Å². The molecule has 0 amide bonds. The molecule has 2 aromatic heterocycles. The summed E-state index contributed by atoms with van der Waals surface area (Å²) in [6.07, 6.45) is 2.27. The first-order chi connectivity index (χ1) is 7.20. The van der Waals surface area contributed by atoms with E-state index >= 15 is 0 Å². The molecule has 4 nitrogen and oxygen atoms in total. The van der Waals surface area contributed by atoms with Crippen molar-refractivity contribution < 1.29 is 9.52 Å². The molecule has 0 aliphatic rings. The maximum atomic E-state index is 10.0. The number of aryl methyl sites for hydroxylation is 1. The van der Waals surface area contributed by atoms with Gasteiger partial charge in [-0.2, -0.15) is 0 Å². The van der Waals surface area contributed by atoms with E-state index in [1.807, 2.05) is 6.92 Å². The number of hydrogen-bond donors (Lipinski definition) is 2. The van der Waals surface area contributed by atoms with E-state index in [-0.39, 0.29) is 0 Å². The molecule has 78 valence electrons. The number of nitrogens with zero attached hydrogens (tertiary/aromatic N) is 1. The number of nitrogens with two attached hydrogens (primary N) is 1. The molecule has 0 aliphatic carbocycles. The maximum Gasteiger partial charge on any atom is 0.140 e. The lowest BCUT2D eigenvalue weighted by Crippen LogP contribution is -2.05. The Kier molecular flexibility index (Phi) is 2.43. The lowest BCUT2D eigenvalue weighted by atomic mass is 10.1. The van der Waals surface area contributed by atoms with Crippen LogP contribution in [0.5, 0.6) is 0 Å². The molecule has 0 fully saturated rings. The number of aliphatic hydroxyl groups excluding tert-OH is 1. The van der Waals surface area contributed by atoms with Gasteiger partial charge in [-0.05, 0) is 24.6 Å². The topological polar surface area (TPSA) is 72.3 Å². The van der Waals surface area contributed by atoms with E-state index in [0.29, 0.717) is 17.1 Å². The summed E-state index contributed by atoms with van der Waals surface area (Å²) < 4.78 is 5.20. The Labute approximate surface area is 87.4 Å². The predicted octanol–water partition coefficient (Wildman–Crippen LogP) is 1.65. The van der Waals surface area contributed by atoms with Crippen LogP contribution in [0.15, 0.2) is 35.1 Å². The summed E-state index contributed by atoms with van der Waals surface area (Å²) in [5, 5.41) is 10.0. The number of rotatable bonds is 2. The van der Waals surface area contributed by atoms with Crippen LogP contribution in [0.4, 0.5) is 5.82 Å². The number of pyridine rings is 1. The minimum Gasteiger partial charge on any atom is -0.466 e. The zero-order chi connectivity index (χ0) is 10.8. The van der Waals surface area contributed by atoms with E-state index in [2.05, 4.69) is 4.98 Å². The Bertz CT molecular complexity index is 465. The number of hydrogen-bond acceptors (Lipinski definition) is 4. The van der Waals surface area contributed by atoms with E-state index in [0.717, 1.165) is 5.56 Å². The van der Waals surface area contributed by atoms with Crippen LogP contribution in [0.1, 0.15) is 23.0 Å². The van der Waals surface area contributed by atoms with Crippen molar-refractivity contribution in [2.75, 3.05) is 5.73 Å². The second-order valence-corrected chi connectivity index (χ2v) is 3.35. The fourth-order valence-electron chi connectivity index (χ4n) is 1.47. The average Bonchev–Trinajstić information content (AvgIpc) is 2.64. The van der Waals surface area contributed by atoms with Crippen LogP contribution < -0.4 is 5.73 Å². The van der Waals surface area contributed by atoms with Crippen LogP contribution in [-0.2, 0) is 0 Å². The first-order valence-electron chi connectivity index (χ1n) is 4.62. The van der Waals surface area contributed by atoms with Gasteiger partial charge >= 0.3 is 0 Å². The molecule has 1 atom stereocenters. The van der Waals surface area contributed by atoms with Gasteiger partial charge in [0.2, 0.25) is 0 Å². The molecular formula is C11H12N2O2. The smallest absolute Gasteiger partial charge is 0.140 e. The van der Waals surface area contributed by atoms with Crippen molar-refractivity contribution in [3.8, 4) is 0 Å². The molecule has 0 saturated heterocycles. The summed E-state index contributed by atoms with van der Waals surface area (Å²) in [5.74, 6) is 0.829. The van der Waals surface area contributed by atoms with Gasteiger partial charge in [-0.25, -0.2) is 4.98 Å². The highest BCUT2D eigenvalue weighted by atomic mass is 16.4. The Morgan fingerprint density at radius 2 is 2.27 bits per heavy atom. The SMILES string of the molecule is Cc1ccoc1C(O)c1cccnc1N. The van der Waals surface area contributed by atoms with E-state index < -0.39 is 6.10 Å². The van der Waals surface area contributed by atoms with Crippen LogP contribution >= 0.6 is 0 Å².